The Morgan fingerprint density at radius 3 is 1.58 bits per heavy atom. The van der Waals surface area contributed by atoms with Crippen LogP contribution in [0, 0.1) is 0 Å². The molecule has 1 rings (SSSR count). The van der Waals surface area contributed by atoms with Gasteiger partial charge in [0.1, 0.15) is 5.70 Å². The van der Waals surface area contributed by atoms with Crippen molar-refractivity contribution < 1.29 is 53.0 Å². The van der Waals surface area contributed by atoms with Crippen molar-refractivity contribution >= 4 is 17.3 Å². The molecule has 0 radical (unpaired) electrons. The van der Waals surface area contributed by atoms with Crippen LogP contribution in [0.3, 0.4) is 0 Å². The number of rotatable bonds is 2. The highest BCUT2D eigenvalue weighted by Gasteiger charge is 2.66. The Labute approximate surface area is 143 Å². The van der Waals surface area contributed by atoms with Crippen molar-refractivity contribution in [1.29, 1.82) is 0 Å². The topological polar surface area (TPSA) is 24.5 Å². The Balaban J connectivity index is 3.52. The zero-order valence-corrected chi connectivity index (χ0v) is 13.1. The molecule has 0 atom stereocenters. The summed E-state index contributed by atoms with van der Waals surface area (Å²) in [6.07, 6.45) is -19.9. The molecule has 0 saturated carbocycles. The van der Waals surface area contributed by atoms with E-state index in [0.717, 1.165) is 10.2 Å². The van der Waals surface area contributed by atoms with Crippen LogP contribution in [-0.2, 0) is 4.74 Å². The maximum Gasteiger partial charge on any atom is 0.459 e. The molecule has 0 unspecified atom stereocenters. The molecule has 0 aromatic carbocycles. The van der Waals surface area contributed by atoms with Crippen LogP contribution < -0.4 is 5.32 Å². The number of allylic oxidation sites excluding steroid dienone is 2. The van der Waals surface area contributed by atoms with E-state index >= 15 is 0 Å². The van der Waals surface area contributed by atoms with E-state index in [1.807, 2.05) is 0 Å². The van der Waals surface area contributed by atoms with Crippen molar-refractivity contribution in [2.45, 2.75) is 24.5 Å². The molecular formula is C11H9F11N2OS. The number of morpholine rings is 1. The Bertz CT molecular complexity index is 542. The summed E-state index contributed by atoms with van der Waals surface area (Å²) < 4.78 is 145. The van der Waals surface area contributed by atoms with Gasteiger partial charge in [0.2, 0.25) is 0 Å². The van der Waals surface area contributed by atoms with Crippen molar-refractivity contribution in [2.24, 2.45) is 0 Å². The Kier molecular flexibility index (Phi) is 6.38. The monoisotopic (exact) mass is 426 g/mol. The molecule has 1 aliphatic heterocycles. The first-order chi connectivity index (χ1) is 11.5. The summed E-state index contributed by atoms with van der Waals surface area (Å²) in [5.41, 5.74) is -7.45. The number of alkyl halides is 11. The number of thiocarbonyl (C=S) groups is 1. The SMILES string of the molecule is FC(F)(F)C(=C(NC(=S)N1CCOCC1)C(F)(F)C(F)(F)F)C(F)(F)F. The van der Waals surface area contributed by atoms with Crippen LogP contribution in [0.1, 0.15) is 0 Å². The Hall–Kier alpha value is -1.38. The van der Waals surface area contributed by atoms with Gasteiger partial charge in [-0.05, 0) is 12.2 Å². The maximum absolute atomic E-state index is 13.5. The molecule has 0 aromatic rings. The molecular weight excluding hydrogens is 417 g/mol. The number of hydrogen-bond donors (Lipinski definition) is 1. The van der Waals surface area contributed by atoms with Crippen LogP contribution in [0.5, 0.6) is 0 Å². The second-order valence-corrected chi connectivity index (χ2v) is 5.23. The number of halogens is 11. The van der Waals surface area contributed by atoms with Gasteiger partial charge in [0.15, 0.2) is 10.7 Å². The minimum Gasteiger partial charge on any atom is -0.378 e. The van der Waals surface area contributed by atoms with Gasteiger partial charge in [-0.1, -0.05) is 0 Å². The summed E-state index contributed by atoms with van der Waals surface area (Å²) >= 11 is 4.40. The second-order valence-electron chi connectivity index (χ2n) is 4.85. The maximum atomic E-state index is 13.5. The van der Waals surface area contributed by atoms with Gasteiger partial charge in [0, 0.05) is 13.1 Å². The van der Waals surface area contributed by atoms with Crippen LogP contribution in [-0.4, -0.2) is 60.8 Å². The van der Waals surface area contributed by atoms with E-state index in [1.54, 1.807) is 0 Å². The number of nitrogens with zero attached hydrogens (tertiary/aromatic N) is 1. The van der Waals surface area contributed by atoms with Crippen molar-refractivity contribution in [3.63, 3.8) is 0 Å². The van der Waals surface area contributed by atoms with E-state index in [9.17, 15) is 48.3 Å². The summed E-state index contributed by atoms with van der Waals surface area (Å²) in [7, 11) is 0. The van der Waals surface area contributed by atoms with Crippen LogP contribution in [0.15, 0.2) is 11.3 Å². The smallest absolute Gasteiger partial charge is 0.378 e. The molecule has 1 heterocycles. The first kappa shape index (κ1) is 22.7. The summed E-state index contributed by atoms with van der Waals surface area (Å²) in [4.78, 5) is 0.801. The van der Waals surface area contributed by atoms with Crippen molar-refractivity contribution in [2.75, 3.05) is 26.3 Å². The van der Waals surface area contributed by atoms with Gasteiger partial charge in [-0.15, -0.1) is 0 Å². The summed E-state index contributed by atoms with van der Waals surface area (Å²) in [6.45, 7) is -0.683. The molecule has 26 heavy (non-hydrogen) atoms. The van der Waals surface area contributed by atoms with Gasteiger partial charge in [-0.2, -0.15) is 48.3 Å². The number of ether oxygens (including phenoxy) is 1. The highest BCUT2D eigenvalue weighted by Crippen LogP contribution is 2.48. The van der Waals surface area contributed by atoms with Gasteiger partial charge in [-0.3, -0.25) is 0 Å². The molecule has 1 N–H and O–H groups in total. The summed E-state index contributed by atoms with van der Waals surface area (Å²) in [6, 6.07) is 0. The fourth-order valence-electron chi connectivity index (χ4n) is 1.84. The van der Waals surface area contributed by atoms with Crippen LogP contribution in [0.4, 0.5) is 48.3 Å². The lowest BCUT2D eigenvalue weighted by molar-refractivity contribution is -0.269. The highest BCUT2D eigenvalue weighted by molar-refractivity contribution is 7.80. The molecule has 3 nitrogen and oxygen atoms in total. The summed E-state index contributed by atoms with van der Waals surface area (Å²) in [5, 5.41) is -0.336. The van der Waals surface area contributed by atoms with Gasteiger partial charge in [0.25, 0.3) is 0 Å². The lowest BCUT2D eigenvalue weighted by atomic mass is 10.1. The van der Waals surface area contributed by atoms with Gasteiger partial charge in [-0.25, -0.2) is 0 Å². The second kappa shape index (κ2) is 7.32. The standard InChI is InChI=1S/C11H9F11N2OS/c12-8(13,11(20,21)22)6(5(9(14,15)16)10(17,18)19)23-7(26)24-1-3-25-4-2-24/h1-4H2,(H,23,26). The van der Waals surface area contributed by atoms with Gasteiger partial charge < -0.3 is 15.0 Å². The predicted molar refractivity (Wildman–Crippen MR) is 68.3 cm³/mol. The zero-order chi connectivity index (χ0) is 20.6. The third-order valence-electron chi connectivity index (χ3n) is 3.02. The third-order valence-corrected chi connectivity index (χ3v) is 3.38. The average molecular weight is 426 g/mol. The fourth-order valence-corrected chi connectivity index (χ4v) is 2.12. The normalized spacial score (nSPS) is 17.1. The largest absolute Gasteiger partial charge is 0.459 e. The minimum absolute atomic E-state index is 0.109. The molecule has 1 aliphatic rings. The fraction of sp³-hybridized carbons (Fsp3) is 0.727. The zero-order valence-electron chi connectivity index (χ0n) is 12.2. The van der Waals surface area contributed by atoms with E-state index in [1.165, 1.54) is 0 Å². The highest BCUT2D eigenvalue weighted by atomic mass is 32.1. The van der Waals surface area contributed by atoms with Crippen LogP contribution >= 0.6 is 12.2 Å². The van der Waals surface area contributed by atoms with E-state index in [2.05, 4.69) is 12.2 Å². The van der Waals surface area contributed by atoms with E-state index < -0.39 is 40.8 Å². The Morgan fingerprint density at radius 2 is 1.23 bits per heavy atom. The summed E-state index contributed by atoms with van der Waals surface area (Å²) in [5.74, 6) is -6.50. The number of nitrogens with one attached hydrogen (secondary N) is 1. The molecule has 0 aromatic heterocycles. The molecule has 1 fully saturated rings. The average Bonchev–Trinajstić information content (AvgIpc) is 2.43. The Morgan fingerprint density at radius 1 is 0.808 bits per heavy atom. The predicted octanol–water partition coefficient (Wildman–Crippen LogP) is 3.77. The van der Waals surface area contributed by atoms with Crippen LogP contribution in [0.25, 0.3) is 0 Å². The van der Waals surface area contributed by atoms with Gasteiger partial charge >= 0.3 is 24.5 Å². The molecule has 152 valence electrons. The molecule has 15 heteroatoms. The third kappa shape index (κ3) is 5.08. The first-order valence-electron chi connectivity index (χ1n) is 6.47. The molecule has 0 spiro atoms. The minimum atomic E-state index is -6.74. The van der Waals surface area contributed by atoms with E-state index in [4.69, 9.17) is 4.74 Å². The van der Waals surface area contributed by atoms with Crippen molar-refractivity contribution in [1.82, 2.24) is 10.2 Å². The lowest BCUT2D eigenvalue weighted by Gasteiger charge is -2.33. The van der Waals surface area contributed by atoms with Gasteiger partial charge in [0.05, 0.1) is 13.2 Å². The number of hydrogen-bond acceptors (Lipinski definition) is 2. The first-order valence-corrected chi connectivity index (χ1v) is 6.87. The van der Waals surface area contributed by atoms with E-state index in [-0.39, 0.29) is 26.3 Å². The molecule has 0 amide bonds. The molecule has 0 bridgehead atoms. The van der Waals surface area contributed by atoms with Crippen molar-refractivity contribution in [3.8, 4) is 0 Å². The molecule has 1 saturated heterocycles. The molecule has 0 aliphatic carbocycles. The van der Waals surface area contributed by atoms with E-state index in [0.29, 0.717) is 0 Å². The lowest BCUT2D eigenvalue weighted by Crippen LogP contribution is -2.53. The quantitative estimate of drug-likeness (QED) is 0.537. The van der Waals surface area contributed by atoms with Crippen LogP contribution in [0.2, 0.25) is 0 Å². The van der Waals surface area contributed by atoms with Crippen molar-refractivity contribution in [3.05, 3.63) is 11.3 Å².